The maximum Gasteiger partial charge on any atom is 0.248 e. The normalized spacial score (nSPS) is 16.1. The molecule has 4 rings (SSSR count). The van der Waals surface area contributed by atoms with Crippen LogP contribution in [-0.2, 0) is 0 Å². The van der Waals surface area contributed by atoms with Crippen molar-refractivity contribution in [2.75, 3.05) is 12.4 Å². The molecule has 1 aliphatic heterocycles. The van der Waals surface area contributed by atoms with Crippen molar-refractivity contribution in [2.45, 2.75) is 6.04 Å². The number of anilines is 1. The summed E-state index contributed by atoms with van der Waals surface area (Å²) in [5, 5.41) is 15.0. The van der Waals surface area contributed by atoms with Crippen LogP contribution in [0.25, 0.3) is 5.70 Å². The molecule has 0 spiro atoms. The van der Waals surface area contributed by atoms with E-state index in [-0.39, 0.29) is 11.9 Å². The Morgan fingerprint density at radius 1 is 1.08 bits per heavy atom. The van der Waals surface area contributed by atoms with Gasteiger partial charge in [0.05, 0.1) is 7.11 Å². The van der Waals surface area contributed by atoms with Crippen LogP contribution in [-0.4, -0.2) is 27.3 Å². The number of nitrogens with one attached hydrogen (secondary N) is 1. The molecule has 6 nitrogen and oxygen atoms in total. The van der Waals surface area contributed by atoms with E-state index >= 15 is 0 Å². The van der Waals surface area contributed by atoms with Gasteiger partial charge in [-0.2, -0.15) is 4.68 Å². The molecule has 1 N–H and O–H groups in total. The Morgan fingerprint density at radius 3 is 2.54 bits per heavy atom. The highest BCUT2D eigenvalue weighted by Crippen LogP contribution is 2.32. The first-order valence-corrected chi connectivity index (χ1v) is 7.41. The van der Waals surface area contributed by atoms with E-state index in [1.165, 1.54) is 12.1 Å². The first-order valence-electron chi connectivity index (χ1n) is 7.41. The van der Waals surface area contributed by atoms with Gasteiger partial charge in [-0.25, -0.2) is 4.39 Å². The molecule has 0 unspecified atom stereocenters. The molecule has 0 radical (unpaired) electrons. The van der Waals surface area contributed by atoms with Crippen molar-refractivity contribution in [3.63, 3.8) is 0 Å². The van der Waals surface area contributed by atoms with Gasteiger partial charge in [0.1, 0.15) is 17.6 Å². The average Bonchev–Trinajstić information content (AvgIpc) is 3.10. The minimum atomic E-state index is -0.272. The Hall–Kier alpha value is -3.22. The summed E-state index contributed by atoms with van der Waals surface area (Å²) in [6, 6.07) is 13.9. The summed E-state index contributed by atoms with van der Waals surface area (Å²) in [7, 11) is 1.63. The molecule has 0 amide bonds. The minimum Gasteiger partial charge on any atom is -0.497 e. The fourth-order valence-electron chi connectivity index (χ4n) is 2.69. The molecular weight excluding hydrogens is 309 g/mol. The molecule has 24 heavy (non-hydrogen) atoms. The van der Waals surface area contributed by atoms with E-state index in [0.29, 0.717) is 5.95 Å². The monoisotopic (exact) mass is 323 g/mol. The van der Waals surface area contributed by atoms with Gasteiger partial charge in [0, 0.05) is 5.70 Å². The van der Waals surface area contributed by atoms with Crippen LogP contribution in [0.15, 0.2) is 54.6 Å². The van der Waals surface area contributed by atoms with Gasteiger partial charge in [0.2, 0.25) is 5.95 Å². The van der Waals surface area contributed by atoms with E-state index < -0.39 is 0 Å². The molecular formula is C17H14FN5O. The molecule has 0 saturated heterocycles. The SMILES string of the molecule is COc1ccc([C@@H]2C=C(c3ccc(F)cc3)Nc3nnnn32)cc1. The van der Waals surface area contributed by atoms with Crippen molar-refractivity contribution in [3.05, 3.63) is 71.6 Å². The fourth-order valence-corrected chi connectivity index (χ4v) is 2.69. The van der Waals surface area contributed by atoms with Crippen molar-refractivity contribution in [2.24, 2.45) is 0 Å². The molecule has 120 valence electrons. The molecule has 0 bridgehead atoms. The zero-order chi connectivity index (χ0) is 16.5. The summed E-state index contributed by atoms with van der Waals surface area (Å²) in [5.74, 6) is 1.05. The number of fused-ring (bicyclic) bond motifs is 1. The second-order valence-electron chi connectivity index (χ2n) is 5.38. The van der Waals surface area contributed by atoms with E-state index in [4.69, 9.17) is 4.74 Å². The number of hydrogen-bond acceptors (Lipinski definition) is 5. The molecule has 7 heteroatoms. The number of hydrogen-bond donors (Lipinski definition) is 1. The highest BCUT2D eigenvalue weighted by molar-refractivity contribution is 5.76. The van der Waals surface area contributed by atoms with Crippen LogP contribution < -0.4 is 10.1 Å². The largest absolute Gasteiger partial charge is 0.497 e. The molecule has 0 saturated carbocycles. The number of rotatable bonds is 3. The third-order valence-electron chi connectivity index (χ3n) is 3.94. The van der Waals surface area contributed by atoms with Crippen molar-refractivity contribution < 1.29 is 9.13 Å². The fraction of sp³-hybridized carbons (Fsp3) is 0.118. The van der Waals surface area contributed by atoms with Gasteiger partial charge >= 0.3 is 0 Å². The van der Waals surface area contributed by atoms with Gasteiger partial charge in [-0.3, -0.25) is 0 Å². The summed E-state index contributed by atoms with van der Waals surface area (Å²) in [4.78, 5) is 0. The number of nitrogens with zero attached hydrogens (tertiary/aromatic N) is 4. The summed E-state index contributed by atoms with van der Waals surface area (Å²) in [6.07, 6.45) is 2.01. The molecule has 0 fully saturated rings. The van der Waals surface area contributed by atoms with Gasteiger partial charge in [-0.15, -0.1) is 0 Å². The second-order valence-corrected chi connectivity index (χ2v) is 5.38. The summed E-state index contributed by atoms with van der Waals surface area (Å²) >= 11 is 0. The maximum absolute atomic E-state index is 13.2. The molecule has 1 aromatic heterocycles. The summed E-state index contributed by atoms with van der Waals surface area (Å²) in [6.45, 7) is 0. The van der Waals surface area contributed by atoms with Crippen LogP contribution in [0.4, 0.5) is 10.3 Å². The third-order valence-corrected chi connectivity index (χ3v) is 3.94. The van der Waals surface area contributed by atoms with Crippen molar-refractivity contribution in [3.8, 4) is 5.75 Å². The summed E-state index contributed by atoms with van der Waals surface area (Å²) < 4.78 is 20.1. The Bertz CT molecular complexity index is 886. The van der Waals surface area contributed by atoms with Gasteiger partial charge < -0.3 is 10.1 Å². The molecule has 1 aliphatic rings. The maximum atomic E-state index is 13.2. The van der Waals surface area contributed by atoms with Crippen molar-refractivity contribution in [1.29, 1.82) is 0 Å². The van der Waals surface area contributed by atoms with E-state index in [1.807, 2.05) is 30.3 Å². The van der Waals surface area contributed by atoms with Crippen LogP contribution in [0.5, 0.6) is 5.75 Å². The molecule has 2 aromatic carbocycles. The predicted molar refractivity (Wildman–Crippen MR) is 86.9 cm³/mol. The number of aromatic nitrogens is 4. The van der Waals surface area contributed by atoms with Crippen LogP contribution in [0.1, 0.15) is 17.2 Å². The third kappa shape index (κ3) is 2.50. The number of halogens is 1. The van der Waals surface area contributed by atoms with Gasteiger partial charge in [-0.1, -0.05) is 17.2 Å². The van der Waals surface area contributed by atoms with Crippen molar-refractivity contribution >= 4 is 11.6 Å². The zero-order valence-electron chi connectivity index (χ0n) is 12.8. The number of allylic oxidation sites excluding steroid dienone is 1. The lowest BCUT2D eigenvalue weighted by Crippen LogP contribution is -2.20. The van der Waals surface area contributed by atoms with Crippen LogP contribution in [0.3, 0.4) is 0 Å². The molecule has 3 aromatic rings. The van der Waals surface area contributed by atoms with E-state index in [0.717, 1.165) is 22.6 Å². The Balaban J connectivity index is 1.77. The Kier molecular flexibility index (Phi) is 3.45. The van der Waals surface area contributed by atoms with Crippen LogP contribution in [0, 0.1) is 5.82 Å². The van der Waals surface area contributed by atoms with Crippen LogP contribution >= 0.6 is 0 Å². The average molecular weight is 323 g/mol. The van der Waals surface area contributed by atoms with E-state index in [1.54, 1.807) is 23.9 Å². The first kappa shape index (κ1) is 14.4. The van der Waals surface area contributed by atoms with Crippen LogP contribution in [0.2, 0.25) is 0 Å². The van der Waals surface area contributed by atoms with E-state index in [2.05, 4.69) is 20.8 Å². The Morgan fingerprint density at radius 2 is 1.83 bits per heavy atom. The number of ether oxygens (including phenoxy) is 1. The highest BCUT2D eigenvalue weighted by Gasteiger charge is 2.24. The lowest BCUT2D eigenvalue weighted by atomic mass is 10.0. The lowest BCUT2D eigenvalue weighted by molar-refractivity contribution is 0.414. The molecule has 0 aliphatic carbocycles. The van der Waals surface area contributed by atoms with Gasteiger partial charge in [0.15, 0.2) is 0 Å². The Labute approximate surface area is 137 Å². The number of tetrazole rings is 1. The smallest absolute Gasteiger partial charge is 0.248 e. The minimum absolute atomic E-state index is 0.165. The zero-order valence-corrected chi connectivity index (χ0v) is 12.8. The van der Waals surface area contributed by atoms with Crippen molar-refractivity contribution in [1.82, 2.24) is 20.2 Å². The summed E-state index contributed by atoms with van der Waals surface area (Å²) in [5.41, 5.74) is 2.72. The number of methoxy groups -OCH3 is 1. The van der Waals surface area contributed by atoms with Gasteiger partial charge in [-0.05, 0) is 64.0 Å². The highest BCUT2D eigenvalue weighted by atomic mass is 19.1. The van der Waals surface area contributed by atoms with Gasteiger partial charge in [0.25, 0.3) is 0 Å². The molecule has 2 heterocycles. The number of benzene rings is 2. The predicted octanol–water partition coefficient (Wildman–Crippen LogP) is 2.88. The first-order chi connectivity index (χ1) is 11.7. The lowest BCUT2D eigenvalue weighted by Gasteiger charge is -2.23. The standard InChI is InChI=1S/C17H14FN5O/c1-24-14-8-4-12(5-9-14)16-10-15(11-2-6-13(18)7-3-11)19-17-20-21-22-23(16)17/h2-10,16H,1H3,(H,19,20,22)/t16-/m0/s1. The second kappa shape index (κ2) is 5.77. The quantitative estimate of drug-likeness (QED) is 0.803. The van der Waals surface area contributed by atoms with E-state index in [9.17, 15) is 4.39 Å². The topological polar surface area (TPSA) is 64.9 Å². The molecule has 1 atom stereocenters.